The third kappa shape index (κ3) is 5.73. The van der Waals surface area contributed by atoms with E-state index in [1.807, 2.05) is 12.3 Å². The van der Waals surface area contributed by atoms with E-state index < -0.39 is 0 Å². The molecule has 1 aliphatic carbocycles. The number of hydrogen-bond acceptors (Lipinski definition) is 7. The third-order valence-corrected chi connectivity index (χ3v) is 6.39. The lowest BCUT2D eigenvalue weighted by atomic mass is 9.84. The summed E-state index contributed by atoms with van der Waals surface area (Å²) < 4.78 is 13.0. The molecule has 3 heterocycles. The van der Waals surface area contributed by atoms with Crippen LogP contribution in [0.5, 0.6) is 0 Å². The van der Waals surface area contributed by atoms with Gasteiger partial charge in [-0.25, -0.2) is 9.97 Å². The number of amides is 1. The van der Waals surface area contributed by atoms with E-state index in [1.54, 1.807) is 6.20 Å². The highest BCUT2D eigenvalue weighted by Gasteiger charge is 2.27. The first-order chi connectivity index (χ1) is 16.7. The third-order valence-electron chi connectivity index (χ3n) is 6.39. The lowest BCUT2D eigenvalue weighted by Crippen LogP contribution is -2.30. The van der Waals surface area contributed by atoms with Crippen LogP contribution in [-0.2, 0) is 20.7 Å². The monoisotopic (exact) mass is 467 g/mol. The van der Waals surface area contributed by atoms with Crippen molar-refractivity contribution in [3.63, 3.8) is 0 Å². The zero-order chi connectivity index (χ0) is 23.8. The van der Waals surface area contributed by atoms with Gasteiger partial charge < -0.3 is 30.1 Å². The maximum Gasteiger partial charge on any atom is 0.227 e. The van der Waals surface area contributed by atoms with Gasteiger partial charge in [-0.1, -0.05) is 0 Å². The molecule has 1 amide bonds. The molecule has 1 aliphatic rings. The van der Waals surface area contributed by atoms with Gasteiger partial charge in [0.1, 0.15) is 17.0 Å². The van der Waals surface area contributed by atoms with Crippen LogP contribution in [0.4, 0.5) is 0 Å². The number of H-pyrrole nitrogens is 1. The molecule has 3 aromatic rings. The Morgan fingerprint density at radius 2 is 2.03 bits per heavy atom. The Bertz CT molecular complexity index is 1120. The molecule has 0 saturated heterocycles. The summed E-state index contributed by atoms with van der Waals surface area (Å²) in [5.41, 5.74) is 8.02. The van der Waals surface area contributed by atoms with E-state index in [0.717, 1.165) is 53.6 Å². The van der Waals surface area contributed by atoms with Crippen LogP contribution in [0, 0.1) is 17.2 Å². The van der Waals surface area contributed by atoms with E-state index in [-0.39, 0.29) is 18.4 Å². The number of carbonyl (C=O) groups is 1. The minimum Gasteiger partial charge on any atom is -0.378 e. The second kappa shape index (κ2) is 11.9. The predicted octanol–water partition coefficient (Wildman–Crippen LogP) is 2.21. The Balaban J connectivity index is 1.44. The van der Waals surface area contributed by atoms with Gasteiger partial charge in [0.25, 0.3) is 0 Å². The number of aromatic amines is 1. The van der Waals surface area contributed by atoms with E-state index in [4.69, 9.17) is 25.5 Å². The molecule has 0 atom stereocenters. The molecule has 0 spiro atoms. The average Bonchev–Trinajstić information content (AvgIpc) is 3.45. The first kappa shape index (κ1) is 24.1. The van der Waals surface area contributed by atoms with Crippen molar-refractivity contribution in [2.45, 2.75) is 44.6 Å². The van der Waals surface area contributed by atoms with Gasteiger partial charge in [-0.2, -0.15) is 5.26 Å². The Labute approximate surface area is 198 Å². The van der Waals surface area contributed by atoms with Crippen LogP contribution in [0.2, 0.25) is 0 Å². The van der Waals surface area contributed by atoms with Crippen molar-refractivity contribution >= 4 is 28.0 Å². The molecule has 1 saturated carbocycles. The molecule has 34 heavy (non-hydrogen) atoms. The molecule has 182 valence electrons. The fourth-order valence-electron chi connectivity index (χ4n) is 4.77. The number of hydrogen-bond donors (Lipinski definition) is 3. The van der Waals surface area contributed by atoms with E-state index in [0.29, 0.717) is 51.9 Å². The maximum atomic E-state index is 12.7. The zero-order valence-corrected chi connectivity index (χ0v) is 19.5. The van der Waals surface area contributed by atoms with Crippen molar-refractivity contribution in [3.8, 4) is 6.07 Å². The second-order valence-corrected chi connectivity index (χ2v) is 8.71. The van der Waals surface area contributed by atoms with Crippen molar-refractivity contribution in [3.05, 3.63) is 24.3 Å². The number of imidazole rings is 1. The summed E-state index contributed by atoms with van der Waals surface area (Å²) in [4.78, 5) is 25.2. The number of nitrogens with one attached hydrogen (secondary N) is 2. The van der Waals surface area contributed by atoms with Crippen LogP contribution in [0.25, 0.3) is 22.1 Å². The highest BCUT2D eigenvalue weighted by atomic mass is 16.5. The van der Waals surface area contributed by atoms with Gasteiger partial charge in [0.05, 0.1) is 50.6 Å². The number of nitriles is 1. The van der Waals surface area contributed by atoms with Crippen molar-refractivity contribution in [2.75, 3.05) is 39.5 Å². The Morgan fingerprint density at radius 3 is 2.79 bits per heavy atom. The predicted molar refractivity (Wildman–Crippen MR) is 128 cm³/mol. The fourth-order valence-corrected chi connectivity index (χ4v) is 4.77. The minimum absolute atomic E-state index is 0.0871. The van der Waals surface area contributed by atoms with Crippen molar-refractivity contribution in [1.82, 2.24) is 24.8 Å². The summed E-state index contributed by atoms with van der Waals surface area (Å²) in [6, 6.07) is 4.58. The molecule has 0 bridgehead atoms. The first-order valence-electron chi connectivity index (χ1n) is 12.0. The second-order valence-electron chi connectivity index (χ2n) is 8.71. The normalized spacial score (nSPS) is 18.4. The number of pyridine rings is 1. The van der Waals surface area contributed by atoms with Crippen LogP contribution in [0.3, 0.4) is 0 Å². The van der Waals surface area contributed by atoms with E-state index >= 15 is 0 Å². The molecule has 3 aromatic heterocycles. The molecule has 4 rings (SSSR count). The first-order valence-corrected chi connectivity index (χ1v) is 12.0. The van der Waals surface area contributed by atoms with Crippen LogP contribution < -0.4 is 11.1 Å². The van der Waals surface area contributed by atoms with Gasteiger partial charge in [-0.15, -0.1) is 0 Å². The molecule has 1 fully saturated rings. The lowest BCUT2D eigenvalue weighted by molar-refractivity contribution is -0.120. The number of nitrogens with two attached hydrogens (primary N) is 1. The average molecular weight is 468 g/mol. The molecular weight excluding hydrogens is 434 g/mol. The summed E-state index contributed by atoms with van der Waals surface area (Å²) in [5.74, 6) is 1.12. The number of ether oxygens (including phenoxy) is 2. The maximum absolute atomic E-state index is 12.7. The Kier molecular flexibility index (Phi) is 8.46. The highest BCUT2D eigenvalue weighted by Crippen LogP contribution is 2.37. The number of nitrogens with zero attached hydrogens (tertiary/aromatic N) is 4. The molecule has 4 N–H and O–H groups in total. The molecule has 0 aromatic carbocycles. The highest BCUT2D eigenvalue weighted by molar-refractivity contribution is 6.01. The SMILES string of the molecule is N#CC[C@H]1CC[C@H](n2c(CC(=O)NCCOCCOCCN)nc3cnc4[nH]ccc4c32)CC1. The standard InChI is InChI=1S/C24H33N7O3/c25-7-5-17-1-3-18(4-2-17)31-21(15-22(32)27-10-12-34-14-13-33-11-8-26)30-20-16-29-24-19(23(20)31)6-9-28-24/h6,9,16-18H,1-5,8,10-15,26H2,(H,27,32)(H,28,29)/t17-,18-. The van der Waals surface area contributed by atoms with E-state index in [2.05, 4.69) is 25.9 Å². The van der Waals surface area contributed by atoms with Crippen LogP contribution >= 0.6 is 0 Å². The summed E-state index contributed by atoms with van der Waals surface area (Å²) in [6.07, 6.45) is 8.42. The van der Waals surface area contributed by atoms with Crippen molar-refractivity contribution in [1.29, 1.82) is 5.26 Å². The van der Waals surface area contributed by atoms with Gasteiger partial charge in [0.15, 0.2) is 0 Å². The Morgan fingerprint density at radius 1 is 1.24 bits per heavy atom. The summed E-state index contributed by atoms with van der Waals surface area (Å²) in [5, 5.41) is 13.0. The molecule has 0 radical (unpaired) electrons. The van der Waals surface area contributed by atoms with E-state index in [9.17, 15) is 4.79 Å². The van der Waals surface area contributed by atoms with Crippen molar-refractivity contribution < 1.29 is 14.3 Å². The molecule has 0 aliphatic heterocycles. The van der Waals surface area contributed by atoms with Crippen LogP contribution in [-0.4, -0.2) is 64.9 Å². The van der Waals surface area contributed by atoms with Gasteiger partial charge in [-0.05, 0) is 37.7 Å². The van der Waals surface area contributed by atoms with Crippen LogP contribution in [0.1, 0.15) is 44.0 Å². The van der Waals surface area contributed by atoms with Gasteiger partial charge >= 0.3 is 0 Å². The minimum atomic E-state index is -0.0871. The zero-order valence-electron chi connectivity index (χ0n) is 19.5. The smallest absolute Gasteiger partial charge is 0.227 e. The summed E-state index contributed by atoms with van der Waals surface area (Å²) in [6.45, 7) is 2.83. The quantitative estimate of drug-likeness (QED) is 0.346. The molecule has 0 unspecified atom stereocenters. The summed E-state index contributed by atoms with van der Waals surface area (Å²) in [7, 11) is 0. The fraction of sp³-hybridized carbons (Fsp3) is 0.583. The van der Waals surface area contributed by atoms with Gasteiger partial charge in [-0.3, -0.25) is 4.79 Å². The largest absolute Gasteiger partial charge is 0.378 e. The lowest BCUT2D eigenvalue weighted by Gasteiger charge is -2.30. The van der Waals surface area contributed by atoms with Gasteiger partial charge in [0.2, 0.25) is 5.91 Å². The van der Waals surface area contributed by atoms with Crippen molar-refractivity contribution in [2.24, 2.45) is 11.7 Å². The molecular formula is C24H33N7O3. The number of fused-ring (bicyclic) bond motifs is 3. The number of rotatable bonds is 12. The van der Waals surface area contributed by atoms with Gasteiger partial charge in [0, 0.05) is 37.1 Å². The summed E-state index contributed by atoms with van der Waals surface area (Å²) >= 11 is 0. The topological polar surface area (TPSA) is 144 Å². The molecule has 10 heteroatoms. The number of aromatic nitrogens is 4. The van der Waals surface area contributed by atoms with E-state index in [1.165, 1.54) is 0 Å². The Hall–Kier alpha value is -3.00. The van der Waals surface area contributed by atoms with Crippen LogP contribution in [0.15, 0.2) is 18.5 Å². The molecule has 10 nitrogen and oxygen atoms in total. The number of carbonyl (C=O) groups excluding carboxylic acids is 1.